The third kappa shape index (κ3) is 4.59. The van der Waals surface area contributed by atoms with E-state index < -0.39 is 0 Å². The summed E-state index contributed by atoms with van der Waals surface area (Å²) in [5, 5.41) is 3.97. The number of rotatable bonds is 5. The van der Waals surface area contributed by atoms with Crippen molar-refractivity contribution < 1.29 is 9.53 Å². The summed E-state index contributed by atoms with van der Waals surface area (Å²) in [6, 6.07) is 8.01. The fraction of sp³-hybridized carbons (Fsp3) is 0.500. The standard InChI is InChI=1S/C16H23N3O2S/c1-21-14-6-4-12(5-7-14)8-9-18-16(22)19-10-2-3-13(11-19)15(17)20/h4-7,13H,2-3,8-11H2,1H3,(H2,17,20)(H,18,22). The van der Waals surface area contributed by atoms with Gasteiger partial charge in [-0.2, -0.15) is 0 Å². The van der Waals surface area contributed by atoms with Crippen LogP contribution in [0.25, 0.3) is 0 Å². The van der Waals surface area contributed by atoms with Crippen LogP contribution in [0, 0.1) is 5.92 Å². The Labute approximate surface area is 136 Å². The number of hydrogen-bond donors (Lipinski definition) is 2. The molecule has 3 N–H and O–H groups in total. The molecule has 0 aliphatic carbocycles. The number of nitrogens with one attached hydrogen (secondary N) is 1. The highest BCUT2D eigenvalue weighted by molar-refractivity contribution is 7.80. The Balaban J connectivity index is 1.76. The summed E-state index contributed by atoms with van der Waals surface area (Å²) < 4.78 is 5.14. The lowest BCUT2D eigenvalue weighted by Crippen LogP contribution is -2.48. The smallest absolute Gasteiger partial charge is 0.222 e. The number of piperidine rings is 1. The predicted octanol–water partition coefficient (Wildman–Crippen LogP) is 1.31. The second-order valence-electron chi connectivity index (χ2n) is 5.52. The van der Waals surface area contributed by atoms with Gasteiger partial charge in [-0.25, -0.2) is 0 Å². The van der Waals surface area contributed by atoms with Crippen LogP contribution in [0.15, 0.2) is 24.3 Å². The van der Waals surface area contributed by atoms with Crippen molar-refractivity contribution >= 4 is 23.2 Å². The SMILES string of the molecule is COc1ccc(CCNC(=S)N2CCCC(C(N)=O)C2)cc1. The number of ether oxygens (including phenoxy) is 1. The molecule has 6 heteroatoms. The van der Waals surface area contributed by atoms with Crippen molar-refractivity contribution in [1.29, 1.82) is 0 Å². The van der Waals surface area contributed by atoms with E-state index in [0.717, 1.165) is 38.1 Å². The Bertz CT molecular complexity index is 519. The number of hydrogen-bond acceptors (Lipinski definition) is 3. The van der Waals surface area contributed by atoms with E-state index in [1.807, 2.05) is 29.2 Å². The second-order valence-corrected chi connectivity index (χ2v) is 5.90. The molecule has 22 heavy (non-hydrogen) atoms. The first kappa shape index (κ1) is 16.5. The van der Waals surface area contributed by atoms with Crippen LogP contribution in [0.1, 0.15) is 18.4 Å². The molecule has 0 aromatic heterocycles. The molecule has 1 aromatic rings. The number of nitrogens with two attached hydrogens (primary N) is 1. The minimum Gasteiger partial charge on any atom is -0.497 e. The van der Waals surface area contributed by atoms with E-state index in [1.165, 1.54) is 5.56 Å². The summed E-state index contributed by atoms with van der Waals surface area (Å²) in [5.74, 6) is 0.541. The number of nitrogens with zero attached hydrogens (tertiary/aromatic N) is 1. The summed E-state index contributed by atoms with van der Waals surface area (Å²) in [7, 11) is 1.66. The molecule has 0 saturated carbocycles. The first-order valence-electron chi connectivity index (χ1n) is 7.55. The van der Waals surface area contributed by atoms with Gasteiger partial charge in [0.1, 0.15) is 5.75 Å². The molecule has 5 nitrogen and oxygen atoms in total. The molecule has 2 rings (SSSR count). The highest BCUT2D eigenvalue weighted by Gasteiger charge is 2.25. The number of methoxy groups -OCH3 is 1. The Hall–Kier alpha value is -1.82. The van der Waals surface area contributed by atoms with E-state index in [9.17, 15) is 4.79 Å². The van der Waals surface area contributed by atoms with E-state index >= 15 is 0 Å². The van der Waals surface area contributed by atoms with Crippen molar-refractivity contribution in [3.05, 3.63) is 29.8 Å². The highest BCUT2D eigenvalue weighted by atomic mass is 32.1. The van der Waals surface area contributed by atoms with Crippen LogP contribution in [-0.2, 0) is 11.2 Å². The molecule has 0 radical (unpaired) electrons. The molecule has 1 atom stereocenters. The van der Waals surface area contributed by atoms with E-state index in [0.29, 0.717) is 11.7 Å². The van der Waals surface area contributed by atoms with Gasteiger partial charge in [0.15, 0.2) is 5.11 Å². The van der Waals surface area contributed by atoms with Gasteiger partial charge in [0.25, 0.3) is 0 Å². The number of primary amides is 1. The van der Waals surface area contributed by atoms with Crippen LogP contribution < -0.4 is 15.8 Å². The van der Waals surface area contributed by atoms with Gasteiger partial charge in [-0.05, 0) is 49.2 Å². The lowest BCUT2D eigenvalue weighted by atomic mass is 9.98. The van der Waals surface area contributed by atoms with Gasteiger partial charge < -0.3 is 20.7 Å². The van der Waals surface area contributed by atoms with Crippen molar-refractivity contribution in [2.45, 2.75) is 19.3 Å². The fourth-order valence-electron chi connectivity index (χ4n) is 2.61. The Kier molecular flexibility index (Phi) is 6.00. The fourth-order valence-corrected chi connectivity index (χ4v) is 2.88. The number of benzene rings is 1. The average Bonchev–Trinajstić information content (AvgIpc) is 2.55. The van der Waals surface area contributed by atoms with Gasteiger partial charge in [-0.3, -0.25) is 4.79 Å². The highest BCUT2D eigenvalue weighted by Crippen LogP contribution is 2.16. The topological polar surface area (TPSA) is 67.6 Å². The number of amides is 1. The van der Waals surface area contributed by atoms with Crippen molar-refractivity contribution in [3.63, 3.8) is 0 Å². The van der Waals surface area contributed by atoms with Gasteiger partial charge in [0.05, 0.1) is 13.0 Å². The number of likely N-dealkylation sites (tertiary alicyclic amines) is 1. The van der Waals surface area contributed by atoms with Crippen molar-refractivity contribution in [2.75, 3.05) is 26.7 Å². The Morgan fingerprint density at radius 2 is 2.18 bits per heavy atom. The third-order valence-electron chi connectivity index (χ3n) is 3.96. The average molecular weight is 321 g/mol. The van der Waals surface area contributed by atoms with Crippen molar-refractivity contribution in [1.82, 2.24) is 10.2 Å². The first-order chi connectivity index (χ1) is 10.6. The molecule has 1 aliphatic heterocycles. The maximum Gasteiger partial charge on any atom is 0.222 e. The maximum absolute atomic E-state index is 11.3. The first-order valence-corrected chi connectivity index (χ1v) is 7.96. The van der Waals surface area contributed by atoms with Gasteiger partial charge in [0.2, 0.25) is 5.91 Å². The monoisotopic (exact) mass is 321 g/mol. The lowest BCUT2D eigenvalue weighted by molar-refractivity contribution is -0.122. The largest absolute Gasteiger partial charge is 0.497 e. The summed E-state index contributed by atoms with van der Waals surface area (Å²) >= 11 is 5.41. The lowest BCUT2D eigenvalue weighted by Gasteiger charge is -2.33. The molecule has 0 bridgehead atoms. The Morgan fingerprint density at radius 1 is 1.45 bits per heavy atom. The zero-order valence-electron chi connectivity index (χ0n) is 12.9. The van der Waals surface area contributed by atoms with Gasteiger partial charge >= 0.3 is 0 Å². The zero-order chi connectivity index (χ0) is 15.9. The molecule has 1 heterocycles. The molecular weight excluding hydrogens is 298 g/mol. The van der Waals surface area contributed by atoms with Crippen LogP contribution in [0.3, 0.4) is 0 Å². The zero-order valence-corrected chi connectivity index (χ0v) is 13.7. The van der Waals surface area contributed by atoms with Crippen molar-refractivity contribution in [3.8, 4) is 5.75 Å². The molecule has 1 aromatic carbocycles. The molecular formula is C16H23N3O2S. The normalized spacial score (nSPS) is 17.9. The maximum atomic E-state index is 11.3. The summed E-state index contributed by atoms with van der Waals surface area (Å²) in [6.07, 6.45) is 2.70. The minimum absolute atomic E-state index is 0.0879. The van der Waals surface area contributed by atoms with E-state index in [1.54, 1.807) is 7.11 Å². The quantitative estimate of drug-likeness (QED) is 0.801. The van der Waals surface area contributed by atoms with Crippen LogP contribution in [0.4, 0.5) is 0 Å². The van der Waals surface area contributed by atoms with Crippen LogP contribution >= 0.6 is 12.2 Å². The minimum atomic E-state index is -0.231. The van der Waals surface area contributed by atoms with Crippen LogP contribution in [0.5, 0.6) is 5.75 Å². The predicted molar refractivity (Wildman–Crippen MR) is 90.8 cm³/mol. The number of carbonyl (C=O) groups is 1. The summed E-state index contributed by atoms with van der Waals surface area (Å²) in [6.45, 7) is 2.28. The van der Waals surface area contributed by atoms with E-state index in [-0.39, 0.29) is 11.8 Å². The molecule has 1 unspecified atom stereocenters. The van der Waals surface area contributed by atoms with Crippen LogP contribution in [0.2, 0.25) is 0 Å². The molecule has 1 amide bonds. The Morgan fingerprint density at radius 3 is 2.82 bits per heavy atom. The number of carbonyl (C=O) groups excluding carboxylic acids is 1. The van der Waals surface area contributed by atoms with Gasteiger partial charge in [-0.15, -0.1) is 0 Å². The molecule has 1 aliphatic rings. The summed E-state index contributed by atoms with van der Waals surface area (Å²) in [5.41, 5.74) is 6.62. The second kappa shape index (κ2) is 7.98. The van der Waals surface area contributed by atoms with E-state index in [2.05, 4.69) is 5.32 Å². The van der Waals surface area contributed by atoms with E-state index in [4.69, 9.17) is 22.7 Å². The third-order valence-corrected chi connectivity index (χ3v) is 4.36. The molecule has 1 saturated heterocycles. The van der Waals surface area contributed by atoms with Crippen molar-refractivity contribution in [2.24, 2.45) is 11.7 Å². The van der Waals surface area contributed by atoms with Crippen LogP contribution in [-0.4, -0.2) is 42.7 Å². The van der Waals surface area contributed by atoms with Gasteiger partial charge in [0, 0.05) is 19.6 Å². The summed E-state index contributed by atoms with van der Waals surface area (Å²) in [4.78, 5) is 13.3. The molecule has 0 spiro atoms. The van der Waals surface area contributed by atoms with Gasteiger partial charge in [-0.1, -0.05) is 12.1 Å². The number of thiocarbonyl (C=S) groups is 1. The molecule has 120 valence electrons. The molecule has 1 fully saturated rings.